The number of hydrogen-bond acceptors (Lipinski definition) is 6. The van der Waals surface area contributed by atoms with Gasteiger partial charge in [-0.1, -0.05) is 6.42 Å². The van der Waals surface area contributed by atoms with Gasteiger partial charge in [0, 0.05) is 56.4 Å². The Bertz CT molecular complexity index is 1020. The van der Waals surface area contributed by atoms with E-state index in [9.17, 15) is 4.79 Å². The van der Waals surface area contributed by atoms with Crippen LogP contribution in [0.3, 0.4) is 0 Å². The van der Waals surface area contributed by atoms with Gasteiger partial charge in [-0.2, -0.15) is 0 Å². The number of aryl methyl sites for hydroxylation is 1. The first-order chi connectivity index (χ1) is 17.1. The summed E-state index contributed by atoms with van der Waals surface area (Å²) in [5.74, 6) is 0.969. The molecule has 0 unspecified atom stereocenters. The molecule has 0 N–H and O–H groups in total. The monoisotopic (exact) mass is 476 g/mol. The Balaban J connectivity index is 1.01. The normalized spacial score (nSPS) is 23.4. The quantitative estimate of drug-likeness (QED) is 0.619. The Morgan fingerprint density at radius 1 is 0.943 bits per heavy atom. The van der Waals surface area contributed by atoms with Crippen LogP contribution in [-0.4, -0.2) is 66.4 Å². The fourth-order valence-corrected chi connectivity index (χ4v) is 5.91. The number of benzene rings is 1. The highest BCUT2D eigenvalue weighted by Gasteiger charge is 2.47. The third-order valence-electron chi connectivity index (χ3n) is 8.42. The van der Waals surface area contributed by atoms with E-state index in [2.05, 4.69) is 39.0 Å². The van der Waals surface area contributed by atoms with E-state index in [1.54, 1.807) is 11.1 Å². The second-order valence-corrected chi connectivity index (χ2v) is 10.7. The second-order valence-electron chi connectivity index (χ2n) is 10.7. The summed E-state index contributed by atoms with van der Waals surface area (Å²) in [5, 5.41) is 0. The van der Waals surface area contributed by atoms with Gasteiger partial charge in [-0.05, 0) is 69.0 Å². The third-order valence-corrected chi connectivity index (χ3v) is 8.42. The number of amides is 1. The van der Waals surface area contributed by atoms with E-state index in [4.69, 9.17) is 9.47 Å². The number of piperidine rings is 2. The van der Waals surface area contributed by atoms with Crippen molar-refractivity contribution < 1.29 is 14.3 Å². The highest BCUT2D eigenvalue weighted by molar-refractivity contribution is 5.90. The predicted octanol–water partition coefficient (Wildman–Crippen LogP) is 4.78. The topological polar surface area (TPSA) is 58.1 Å². The van der Waals surface area contributed by atoms with Crippen molar-refractivity contribution in [2.75, 3.05) is 42.5 Å². The van der Waals surface area contributed by atoms with Gasteiger partial charge >= 0.3 is 6.09 Å². The summed E-state index contributed by atoms with van der Waals surface area (Å²) in [5.41, 5.74) is 2.55. The maximum Gasteiger partial charge on any atom is 0.415 e. The number of likely N-dealkylation sites (tertiary alicyclic amines) is 1. The van der Waals surface area contributed by atoms with E-state index in [0.717, 1.165) is 61.9 Å². The van der Waals surface area contributed by atoms with Crippen LogP contribution in [0, 0.1) is 6.92 Å². The van der Waals surface area contributed by atoms with Crippen LogP contribution in [0.4, 0.5) is 16.2 Å². The number of hydrogen-bond donors (Lipinski definition) is 0. The molecule has 186 valence electrons. The van der Waals surface area contributed by atoms with Crippen LogP contribution in [0.2, 0.25) is 0 Å². The molecule has 3 saturated heterocycles. The molecule has 4 aliphatic rings. The number of aromatic nitrogens is 1. The van der Waals surface area contributed by atoms with Crippen LogP contribution >= 0.6 is 0 Å². The van der Waals surface area contributed by atoms with E-state index in [1.165, 1.54) is 38.0 Å². The standard InChI is InChI=1S/C28H36N4O3/c1-21-5-6-24(19-29-21)32-20-28(35-27(32)33)13-17-31(18-14-28)23-7-9-25(10-8-23)34-26-11-15-30(16-12-26)22-3-2-4-22/h5-10,19,22,26H,2-4,11-18,20H2,1H3. The zero-order chi connectivity index (χ0) is 23.8. The molecular weight excluding hydrogens is 440 g/mol. The van der Waals surface area contributed by atoms with Gasteiger partial charge in [0.15, 0.2) is 0 Å². The number of pyridine rings is 1. The molecule has 0 bridgehead atoms. The predicted molar refractivity (Wildman–Crippen MR) is 136 cm³/mol. The molecule has 3 aliphatic heterocycles. The van der Waals surface area contributed by atoms with Crippen LogP contribution < -0.4 is 14.5 Å². The Morgan fingerprint density at radius 3 is 2.29 bits per heavy atom. The van der Waals surface area contributed by atoms with Gasteiger partial charge in [-0.25, -0.2) is 4.79 Å². The molecule has 4 fully saturated rings. The summed E-state index contributed by atoms with van der Waals surface area (Å²) in [4.78, 5) is 23.7. The average molecular weight is 477 g/mol. The number of carbonyl (C=O) groups is 1. The third kappa shape index (κ3) is 4.70. The van der Waals surface area contributed by atoms with Crippen molar-refractivity contribution in [3.05, 3.63) is 48.3 Å². The number of anilines is 2. The van der Waals surface area contributed by atoms with Crippen LogP contribution in [-0.2, 0) is 4.74 Å². The minimum atomic E-state index is -0.407. The largest absolute Gasteiger partial charge is 0.490 e. The molecule has 2 aromatic rings. The Kier molecular flexibility index (Phi) is 6.04. The number of nitrogens with zero attached hydrogens (tertiary/aromatic N) is 4. The lowest BCUT2D eigenvalue weighted by Gasteiger charge is -2.41. The molecule has 0 atom stereocenters. The Hall–Kier alpha value is -2.80. The molecule has 1 aromatic heterocycles. The molecule has 4 heterocycles. The number of rotatable bonds is 5. The summed E-state index contributed by atoms with van der Waals surface area (Å²) in [6, 6.07) is 13.3. The number of carbonyl (C=O) groups excluding carboxylic acids is 1. The minimum Gasteiger partial charge on any atom is -0.490 e. The first kappa shape index (κ1) is 22.7. The van der Waals surface area contributed by atoms with Gasteiger partial charge in [-0.3, -0.25) is 9.88 Å². The van der Waals surface area contributed by atoms with E-state index >= 15 is 0 Å². The molecule has 1 saturated carbocycles. The molecular formula is C28H36N4O3. The molecule has 1 spiro atoms. The van der Waals surface area contributed by atoms with E-state index < -0.39 is 5.60 Å². The summed E-state index contributed by atoms with van der Waals surface area (Å²) in [6.07, 6.45) is 9.90. The summed E-state index contributed by atoms with van der Waals surface area (Å²) in [6.45, 7) is 6.62. The smallest absolute Gasteiger partial charge is 0.415 e. The van der Waals surface area contributed by atoms with Crippen molar-refractivity contribution in [3.63, 3.8) is 0 Å². The van der Waals surface area contributed by atoms with Crippen molar-refractivity contribution in [1.29, 1.82) is 0 Å². The van der Waals surface area contributed by atoms with Crippen LogP contribution in [0.25, 0.3) is 0 Å². The van der Waals surface area contributed by atoms with Gasteiger partial charge in [-0.15, -0.1) is 0 Å². The van der Waals surface area contributed by atoms with E-state index in [0.29, 0.717) is 12.6 Å². The average Bonchev–Trinajstić information content (AvgIpc) is 3.16. The van der Waals surface area contributed by atoms with Crippen molar-refractivity contribution in [1.82, 2.24) is 9.88 Å². The molecule has 6 rings (SSSR count). The Labute approximate surface area is 208 Å². The van der Waals surface area contributed by atoms with E-state index in [1.807, 2.05) is 19.1 Å². The summed E-state index contributed by atoms with van der Waals surface area (Å²) in [7, 11) is 0. The maximum absolute atomic E-state index is 12.6. The summed E-state index contributed by atoms with van der Waals surface area (Å²) >= 11 is 0. The van der Waals surface area contributed by atoms with Gasteiger partial charge < -0.3 is 19.3 Å². The fourth-order valence-electron chi connectivity index (χ4n) is 5.91. The van der Waals surface area contributed by atoms with Crippen LogP contribution in [0.1, 0.15) is 50.6 Å². The van der Waals surface area contributed by atoms with Crippen LogP contribution in [0.15, 0.2) is 42.6 Å². The lowest BCUT2D eigenvalue weighted by Crippen LogP contribution is -2.47. The zero-order valence-corrected chi connectivity index (χ0v) is 20.7. The molecule has 1 aliphatic carbocycles. The first-order valence-corrected chi connectivity index (χ1v) is 13.3. The highest BCUT2D eigenvalue weighted by Crippen LogP contribution is 2.37. The molecule has 35 heavy (non-hydrogen) atoms. The van der Waals surface area contributed by atoms with Crippen LogP contribution in [0.5, 0.6) is 5.75 Å². The second kappa shape index (κ2) is 9.34. The molecule has 7 nitrogen and oxygen atoms in total. The van der Waals surface area contributed by atoms with Gasteiger partial charge in [0.25, 0.3) is 0 Å². The zero-order valence-electron chi connectivity index (χ0n) is 20.7. The highest BCUT2D eigenvalue weighted by atomic mass is 16.6. The van der Waals surface area contributed by atoms with Crippen molar-refractivity contribution in [2.45, 2.75) is 69.6 Å². The molecule has 0 radical (unpaired) electrons. The number of ether oxygens (including phenoxy) is 2. The molecule has 7 heteroatoms. The van der Waals surface area contributed by atoms with Gasteiger partial charge in [0.05, 0.1) is 18.4 Å². The maximum atomic E-state index is 12.6. The lowest BCUT2D eigenvalue weighted by atomic mass is 9.90. The van der Waals surface area contributed by atoms with Gasteiger partial charge in [0.1, 0.15) is 17.5 Å². The molecule has 1 amide bonds. The molecule has 1 aromatic carbocycles. The van der Waals surface area contributed by atoms with Crippen molar-refractivity contribution >= 4 is 17.5 Å². The minimum absolute atomic E-state index is 0.260. The lowest BCUT2D eigenvalue weighted by molar-refractivity contribution is 0.0366. The van der Waals surface area contributed by atoms with Crippen molar-refractivity contribution in [2.24, 2.45) is 0 Å². The van der Waals surface area contributed by atoms with E-state index in [-0.39, 0.29) is 6.09 Å². The van der Waals surface area contributed by atoms with Crippen molar-refractivity contribution in [3.8, 4) is 5.75 Å². The Morgan fingerprint density at radius 2 is 1.66 bits per heavy atom. The fraction of sp³-hybridized carbons (Fsp3) is 0.571. The summed E-state index contributed by atoms with van der Waals surface area (Å²) < 4.78 is 12.2. The first-order valence-electron chi connectivity index (χ1n) is 13.3. The SMILES string of the molecule is Cc1ccc(N2CC3(CCN(c4ccc(OC5CCN(C6CCC6)CC5)cc4)CC3)OC2=O)cn1. The van der Waals surface area contributed by atoms with Gasteiger partial charge in [0.2, 0.25) is 0 Å².